The van der Waals surface area contributed by atoms with Crippen LogP contribution in [0.1, 0.15) is 120 Å². The van der Waals surface area contributed by atoms with Gasteiger partial charge in [0.1, 0.15) is 0 Å². The number of unbranched alkanes of at least 4 members (excludes halogenated alkanes) is 2. The maximum atomic E-state index is 2.48. The summed E-state index contributed by atoms with van der Waals surface area (Å²) in [6.07, 6.45) is 18.5. The fourth-order valence-electron chi connectivity index (χ4n) is 4.80. The monoisotopic (exact) mass is 631 g/mol. The van der Waals surface area contributed by atoms with Crippen LogP contribution in [-0.4, -0.2) is 0 Å². The molecule has 0 spiro atoms. The zero-order valence-electron chi connectivity index (χ0n) is 21.4. The zero-order chi connectivity index (χ0) is 19.9. The van der Waals surface area contributed by atoms with E-state index in [9.17, 15) is 0 Å². The van der Waals surface area contributed by atoms with Crippen LogP contribution >= 0.6 is 0 Å². The fraction of sp³-hybridized carbons (Fsp3) is 0.923. The quantitative estimate of drug-likeness (QED) is 0.111. The molecule has 0 aliphatic rings. The number of hydrogen-bond acceptors (Lipinski definition) is 0. The molecule has 0 saturated carbocycles. The van der Waals surface area contributed by atoms with Crippen molar-refractivity contribution in [3.05, 3.63) is 12.8 Å². The largest absolute Gasteiger partial charge is 0.360 e. The minimum absolute atomic E-state index is 0. The molecule has 0 aromatic heterocycles. The summed E-state index contributed by atoms with van der Waals surface area (Å²) in [5.74, 6) is 5.34. The van der Waals surface area contributed by atoms with Gasteiger partial charge in [0.2, 0.25) is 0 Å². The molecule has 0 aliphatic carbocycles. The van der Waals surface area contributed by atoms with Gasteiger partial charge in [0.25, 0.3) is 0 Å². The van der Waals surface area contributed by atoms with Crippen LogP contribution in [0.15, 0.2) is 0 Å². The summed E-state index contributed by atoms with van der Waals surface area (Å²) in [4.78, 5) is 0. The Morgan fingerprint density at radius 3 is 1.41 bits per heavy atom. The van der Waals surface area contributed by atoms with Crippen molar-refractivity contribution in [2.45, 2.75) is 120 Å². The van der Waals surface area contributed by atoms with Crippen molar-refractivity contribution in [2.75, 3.05) is 0 Å². The summed E-state index contributed by atoms with van der Waals surface area (Å²) in [7, 11) is 0. The third-order valence-electron chi connectivity index (χ3n) is 6.28. The van der Waals surface area contributed by atoms with Crippen LogP contribution in [-0.2, 0) is 98.1 Å². The third kappa shape index (κ3) is 25.8. The SMILES string of the molecule is C[CH-]C[CH-]CC(C)CC(C)CC(C)CCCC(C)CC(C)CC(C)CC.[Y].[Y].[Y]. The van der Waals surface area contributed by atoms with Crippen molar-refractivity contribution in [1.82, 2.24) is 0 Å². The average Bonchev–Trinajstić information content (AvgIpc) is 2.54. The topological polar surface area (TPSA) is 0 Å². The van der Waals surface area contributed by atoms with Gasteiger partial charge in [-0.2, -0.15) is 13.3 Å². The van der Waals surface area contributed by atoms with Gasteiger partial charge in [-0.1, -0.05) is 86.5 Å². The van der Waals surface area contributed by atoms with Gasteiger partial charge in [-0.3, -0.25) is 0 Å². The van der Waals surface area contributed by atoms with E-state index in [1.165, 1.54) is 64.2 Å². The standard InChI is InChI=1S/C26H52.3Y/c1-9-11-12-14-22(4)18-26(8)20-24(6)16-13-15-23(5)19-25(7)17-21(3)10-2;;;/h9,12,21-26H,10-11,13-20H2,1-8H3;;;/q-2;;;. The second-order valence-corrected chi connectivity index (χ2v) is 10.1. The van der Waals surface area contributed by atoms with E-state index < -0.39 is 0 Å². The Morgan fingerprint density at radius 1 is 0.586 bits per heavy atom. The van der Waals surface area contributed by atoms with Crippen molar-refractivity contribution in [2.24, 2.45) is 35.5 Å². The molecule has 6 atom stereocenters. The Balaban J connectivity index is -0.00000104. The van der Waals surface area contributed by atoms with Gasteiger partial charge in [0, 0.05) is 98.1 Å². The summed E-state index contributed by atoms with van der Waals surface area (Å²) in [6, 6.07) is 0. The summed E-state index contributed by atoms with van der Waals surface area (Å²) in [5, 5.41) is 0. The Hall–Kier alpha value is 3.31. The van der Waals surface area contributed by atoms with E-state index in [1.807, 2.05) is 0 Å². The van der Waals surface area contributed by atoms with Crippen LogP contribution in [0.4, 0.5) is 0 Å². The summed E-state index contributed by atoms with van der Waals surface area (Å²) >= 11 is 0. The second kappa shape index (κ2) is 25.9. The van der Waals surface area contributed by atoms with Crippen LogP contribution in [0.5, 0.6) is 0 Å². The molecule has 29 heavy (non-hydrogen) atoms. The molecule has 0 N–H and O–H groups in total. The molecule has 0 fully saturated rings. The average molecular weight is 631 g/mol. The first-order valence-electron chi connectivity index (χ1n) is 11.9. The molecule has 0 nitrogen and oxygen atoms in total. The third-order valence-corrected chi connectivity index (χ3v) is 6.28. The molecule has 167 valence electrons. The normalized spacial score (nSPS) is 17.0. The molecule has 3 heteroatoms. The number of hydrogen-bond donors (Lipinski definition) is 0. The van der Waals surface area contributed by atoms with Crippen molar-refractivity contribution >= 4 is 0 Å². The Bertz CT molecular complexity index is 308. The zero-order valence-corrected chi connectivity index (χ0v) is 29.9. The predicted octanol–water partition coefficient (Wildman–Crippen LogP) is 9.14. The van der Waals surface area contributed by atoms with E-state index in [1.54, 1.807) is 0 Å². The molecule has 0 bridgehead atoms. The first-order valence-corrected chi connectivity index (χ1v) is 11.9. The van der Waals surface area contributed by atoms with E-state index >= 15 is 0 Å². The molecule has 6 unspecified atom stereocenters. The van der Waals surface area contributed by atoms with E-state index in [0.717, 1.165) is 35.5 Å². The van der Waals surface area contributed by atoms with Crippen LogP contribution in [0.3, 0.4) is 0 Å². The van der Waals surface area contributed by atoms with Gasteiger partial charge >= 0.3 is 0 Å². The first kappa shape index (κ1) is 39.5. The Morgan fingerprint density at radius 2 is 1.00 bits per heavy atom. The molecular formula is C26H52Y3-2. The van der Waals surface area contributed by atoms with Crippen molar-refractivity contribution < 1.29 is 98.1 Å². The summed E-state index contributed by atoms with van der Waals surface area (Å²) < 4.78 is 0. The van der Waals surface area contributed by atoms with Crippen molar-refractivity contribution in [3.8, 4) is 0 Å². The maximum absolute atomic E-state index is 2.48. The van der Waals surface area contributed by atoms with Crippen LogP contribution in [0.25, 0.3) is 0 Å². The Kier molecular flexibility index (Phi) is 35.3. The van der Waals surface area contributed by atoms with Crippen molar-refractivity contribution in [3.63, 3.8) is 0 Å². The predicted molar refractivity (Wildman–Crippen MR) is 121 cm³/mol. The molecule has 0 aromatic carbocycles. The van der Waals surface area contributed by atoms with Gasteiger partial charge < -0.3 is 19.3 Å². The van der Waals surface area contributed by atoms with Gasteiger partial charge in [-0.15, -0.1) is 0 Å². The maximum Gasteiger partial charge on any atom is 0 e. The van der Waals surface area contributed by atoms with Crippen LogP contribution < -0.4 is 0 Å². The van der Waals surface area contributed by atoms with E-state index in [0.29, 0.717) is 0 Å². The van der Waals surface area contributed by atoms with Gasteiger partial charge in [-0.25, -0.2) is 0 Å². The molecule has 0 saturated heterocycles. The van der Waals surface area contributed by atoms with E-state index in [-0.39, 0.29) is 98.1 Å². The number of rotatable bonds is 17. The molecule has 3 radical (unpaired) electrons. The molecule has 0 aromatic rings. The molecule has 0 rings (SSSR count). The van der Waals surface area contributed by atoms with Gasteiger partial charge in [0.05, 0.1) is 0 Å². The molecule has 0 aliphatic heterocycles. The van der Waals surface area contributed by atoms with E-state index in [2.05, 4.69) is 68.2 Å². The minimum Gasteiger partial charge on any atom is -0.360 e. The second-order valence-electron chi connectivity index (χ2n) is 10.1. The van der Waals surface area contributed by atoms with Gasteiger partial charge in [0.15, 0.2) is 0 Å². The van der Waals surface area contributed by atoms with Crippen molar-refractivity contribution in [1.29, 1.82) is 0 Å². The molecule has 0 heterocycles. The smallest absolute Gasteiger partial charge is 0 e. The van der Waals surface area contributed by atoms with Crippen LogP contribution in [0.2, 0.25) is 0 Å². The minimum atomic E-state index is 0. The first-order chi connectivity index (χ1) is 12.3. The summed E-state index contributed by atoms with van der Waals surface area (Å²) in [5.41, 5.74) is 0. The van der Waals surface area contributed by atoms with Gasteiger partial charge in [-0.05, 0) is 48.9 Å². The molecule has 0 amide bonds. The fourth-order valence-corrected chi connectivity index (χ4v) is 4.80. The summed E-state index contributed by atoms with van der Waals surface area (Å²) in [6.45, 7) is 19.2. The van der Waals surface area contributed by atoms with E-state index in [4.69, 9.17) is 0 Å². The Labute approximate surface area is 262 Å². The molecular weight excluding hydrogens is 579 g/mol. The van der Waals surface area contributed by atoms with Crippen LogP contribution in [0, 0.1) is 48.3 Å².